The zero-order valence-corrected chi connectivity index (χ0v) is 27.9. The number of aromatic nitrogens is 1. The average Bonchev–Trinajstić information content (AvgIpc) is 3.44. The molecule has 4 aromatic rings. The lowest BCUT2D eigenvalue weighted by molar-refractivity contribution is -0.189. The van der Waals surface area contributed by atoms with Crippen molar-refractivity contribution in [3.05, 3.63) is 114 Å². The maximum absolute atomic E-state index is 14.5. The van der Waals surface area contributed by atoms with E-state index in [1.165, 1.54) is 0 Å². The quantitative estimate of drug-likeness (QED) is 0.179. The number of hydrogen-bond acceptors (Lipinski definition) is 6. The van der Waals surface area contributed by atoms with Gasteiger partial charge in [0.25, 0.3) is 0 Å². The number of phenols is 1. The second-order valence-electron chi connectivity index (χ2n) is 12.7. The van der Waals surface area contributed by atoms with Crippen molar-refractivity contribution in [2.45, 2.75) is 51.5 Å². The minimum absolute atomic E-state index is 0.0732. The lowest BCUT2D eigenvalue weighted by Gasteiger charge is -2.55. The highest BCUT2D eigenvalue weighted by Crippen LogP contribution is 2.32. The van der Waals surface area contributed by atoms with Crippen molar-refractivity contribution in [1.82, 2.24) is 29.7 Å². The van der Waals surface area contributed by atoms with E-state index in [-0.39, 0.29) is 62.5 Å². The van der Waals surface area contributed by atoms with Gasteiger partial charge >= 0.3 is 6.03 Å². The Labute approximate surface area is 286 Å². The maximum Gasteiger partial charge on any atom is 0.334 e. The van der Waals surface area contributed by atoms with Crippen LogP contribution in [-0.2, 0) is 36.1 Å². The Bertz CT molecular complexity index is 1870. The number of carbonyl (C=O) groups is 4. The van der Waals surface area contributed by atoms with Crippen LogP contribution in [0, 0.1) is 0 Å². The normalized spacial score (nSPS) is 18.1. The van der Waals surface area contributed by atoms with Gasteiger partial charge in [0.1, 0.15) is 18.0 Å². The van der Waals surface area contributed by atoms with Crippen molar-refractivity contribution >= 4 is 34.5 Å². The second-order valence-corrected chi connectivity index (χ2v) is 12.7. The zero-order chi connectivity index (χ0) is 34.7. The van der Waals surface area contributed by atoms with Crippen LogP contribution in [0.1, 0.15) is 46.8 Å². The van der Waals surface area contributed by atoms with E-state index in [9.17, 15) is 24.3 Å². The van der Waals surface area contributed by atoms with E-state index < -0.39 is 18.2 Å². The van der Waals surface area contributed by atoms with E-state index in [4.69, 9.17) is 0 Å². The molecule has 3 aromatic carbocycles. The summed E-state index contributed by atoms with van der Waals surface area (Å²) in [6.45, 7) is 6.56. The maximum atomic E-state index is 14.5. The molecule has 0 saturated carbocycles. The molecular weight excluding hydrogens is 620 g/mol. The highest BCUT2D eigenvalue weighted by atomic mass is 16.3. The van der Waals surface area contributed by atoms with Gasteiger partial charge in [-0.05, 0) is 35.2 Å². The molecule has 2 aliphatic heterocycles. The number of ketones is 1. The largest absolute Gasteiger partial charge is 0.508 e. The first-order valence-corrected chi connectivity index (χ1v) is 16.6. The molecule has 0 spiro atoms. The van der Waals surface area contributed by atoms with Gasteiger partial charge in [-0.2, -0.15) is 0 Å². The fourth-order valence-electron chi connectivity index (χ4n) is 7.02. The number of Topliss-reactive ketones (excluding diaryl/α,β-unsaturated/α-hetero) is 1. The van der Waals surface area contributed by atoms with Gasteiger partial charge in [0.05, 0.1) is 18.6 Å². The van der Waals surface area contributed by atoms with Crippen molar-refractivity contribution in [2.75, 3.05) is 19.6 Å². The van der Waals surface area contributed by atoms with Crippen LogP contribution in [0.15, 0.2) is 91.6 Å². The van der Waals surface area contributed by atoms with Gasteiger partial charge in [-0.3, -0.25) is 14.4 Å². The predicted molar refractivity (Wildman–Crippen MR) is 186 cm³/mol. The van der Waals surface area contributed by atoms with E-state index >= 15 is 0 Å². The number of phenolic OH excluding ortho intramolecular Hbond substituents is 1. The van der Waals surface area contributed by atoms with Gasteiger partial charge in [0, 0.05) is 56.7 Å². The first kappa shape index (κ1) is 33.5. The molecular formula is C38H42N6O5. The van der Waals surface area contributed by atoms with E-state index in [1.54, 1.807) is 50.2 Å². The number of amides is 4. The van der Waals surface area contributed by atoms with Gasteiger partial charge in [-0.15, -0.1) is 6.58 Å². The molecule has 1 aromatic heterocycles. The van der Waals surface area contributed by atoms with Crippen molar-refractivity contribution in [3.8, 4) is 5.75 Å². The number of nitrogens with zero attached hydrogens (tertiary/aromatic N) is 5. The van der Waals surface area contributed by atoms with E-state index in [0.29, 0.717) is 12.0 Å². The molecule has 49 heavy (non-hydrogen) atoms. The van der Waals surface area contributed by atoms with E-state index in [2.05, 4.69) is 11.9 Å². The minimum atomic E-state index is -0.902. The predicted octanol–water partition coefficient (Wildman–Crippen LogP) is 4.60. The molecule has 2 N–H and O–H groups in total. The Hall–Kier alpha value is -5.42. The molecule has 254 valence electrons. The third kappa shape index (κ3) is 6.80. The number of fused-ring (bicyclic) bond motifs is 2. The highest BCUT2D eigenvalue weighted by Gasteiger charge is 2.51. The number of aryl methyl sites for hydroxylation is 1. The molecule has 2 fully saturated rings. The number of hydrazine groups is 1. The average molecular weight is 663 g/mol. The fraction of sp³-hybridized carbons (Fsp3) is 0.316. The first-order chi connectivity index (χ1) is 23.7. The van der Waals surface area contributed by atoms with Gasteiger partial charge in [-0.1, -0.05) is 73.7 Å². The molecule has 0 unspecified atom stereocenters. The standard InChI is InChI=1S/C38H42N6O5/c1-4-10-33(46)31-23-40(3)36-28(13-9-14-30(31)36)22-41-24-34-43(32(37(41)48)20-26-15-17-29(45)18-16-26)35(47)25-42(19-5-2)44(34)38(49)39-21-27-11-7-6-8-12-27/h5-9,11-18,23,32,34,45H,2,4,10,19-22,24-25H2,1,3H3,(H,39,49)/t32-,34-/m0/s1. The third-order valence-electron chi connectivity index (χ3n) is 9.25. The molecule has 6 rings (SSSR count). The zero-order valence-electron chi connectivity index (χ0n) is 27.9. The first-order valence-electron chi connectivity index (χ1n) is 16.6. The monoisotopic (exact) mass is 662 g/mol. The summed E-state index contributed by atoms with van der Waals surface area (Å²) in [5.41, 5.74) is 4.06. The van der Waals surface area contributed by atoms with Crippen molar-refractivity contribution in [3.63, 3.8) is 0 Å². The molecule has 11 heteroatoms. The third-order valence-corrected chi connectivity index (χ3v) is 9.25. The molecule has 0 aliphatic carbocycles. The molecule has 11 nitrogen and oxygen atoms in total. The Morgan fingerprint density at radius 1 is 1.00 bits per heavy atom. The minimum Gasteiger partial charge on any atom is -0.508 e. The lowest BCUT2D eigenvalue weighted by Crippen LogP contribution is -2.76. The SMILES string of the molecule is C=CCN1CC(=O)N2[C@@H](Cc3ccc(O)cc3)C(=O)N(Cc3cccc4c(C(=O)CCC)cn(C)c34)C[C@@H]2N1C(=O)NCc1ccccc1. The summed E-state index contributed by atoms with van der Waals surface area (Å²) in [6.07, 6.45) is 4.09. The Kier molecular flexibility index (Phi) is 9.82. The number of rotatable bonds is 11. The van der Waals surface area contributed by atoms with Gasteiger partial charge in [0.15, 0.2) is 5.78 Å². The summed E-state index contributed by atoms with van der Waals surface area (Å²) in [6, 6.07) is 20.6. The van der Waals surface area contributed by atoms with Crippen LogP contribution in [0.25, 0.3) is 10.9 Å². The van der Waals surface area contributed by atoms with Crippen LogP contribution < -0.4 is 5.32 Å². The Morgan fingerprint density at radius 2 is 1.76 bits per heavy atom. The molecule has 2 aliphatic rings. The number of benzene rings is 3. The van der Waals surface area contributed by atoms with Crippen LogP contribution in [0.2, 0.25) is 0 Å². The van der Waals surface area contributed by atoms with Crippen LogP contribution in [0.4, 0.5) is 4.79 Å². The number of carbonyl (C=O) groups excluding carboxylic acids is 4. The number of piperazine rings is 1. The topological polar surface area (TPSA) is 118 Å². The van der Waals surface area contributed by atoms with Crippen molar-refractivity contribution in [1.29, 1.82) is 0 Å². The van der Waals surface area contributed by atoms with Crippen molar-refractivity contribution < 1.29 is 24.3 Å². The van der Waals surface area contributed by atoms with Gasteiger partial charge < -0.3 is 24.8 Å². The molecule has 0 radical (unpaired) electrons. The van der Waals surface area contributed by atoms with E-state index in [0.717, 1.165) is 34.0 Å². The van der Waals surface area contributed by atoms with Crippen molar-refractivity contribution in [2.24, 2.45) is 7.05 Å². The second kappa shape index (κ2) is 14.4. The van der Waals surface area contributed by atoms with Crippen LogP contribution in [0.5, 0.6) is 5.75 Å². The summed E-state index contributed by atoms with van der Waals surface area (Å²) in [4.78, 5) is 58.7. The van der Waals surface area contributed by atoms with E-state index in [1.807, 2.05) is 73.3 Å². The molecule has 0 bridgehead atoms. The van der Waals surface area contributed by atoms with Crippen LogP contribution in [-0.4, -0.2) is 85.0 Å². The Morgan fingerprint density at radius 3 is 2.47 bits per heavy atom. The Balaban J connectivity index is 1.38. The van der Waals surface area contributed by atoms with Gasteiger partial charge in [0.2, 0.25) is 11.8 Å². The smallest absolute Gasteiger partial charge is 0.334 e. The number of hydrogen-bond donors (Lipinski definition) is 2. The molecule has 2 saturated heterocycles. The summed E-state index contributed by atoms with van der Waals surface area (Å²) < 4.78 is 1.93. The summed E-state index contributed by atoms with van der Waals surface area (Å²) in [5.74, 6) is -0.336. The van der Waals surface area contributed by atoms with Crippen LogP contribution >= 0.6 is 0 Å². The summed E-state index contributed by atoms with van der Waals surface area (Å²) >= 11 is 0. The number of para-hydroxylation sites is 1. The molecule has 2 atom stereocenters. The number of aromatic hydroxyl groups is 1. The summed E-state index contributed by atoms with van der Waals surface area (Å²) in [5, 5.41) is 17.0. The van der Waals surface area contributed by atoms with Crippen LogP contribution in [0.3, 0.4) is 0 Å². The molecule has 3 heterocycles. The highest BCUT2D eigenvalue weighted by molar-refractivity contribution is 6.08. The summed E-state index contributed by atoms with van der Waals surface area (Å²) in [7, 11) is 1.90. The van der Waals surface area contributed by atoms with Gasteiger partial charge in [-0.25, -0.2) is 14.8 Å². The lowest BCUT2D eigenvalue weighted by atomic mass is 9.97. The number of nitrogens with one attached hydrogen (secondary N) is 1. The molecule has 4 amide bonds. The fourth-order valence-corrected chi connectivity index (χ4v) is 7.02. The number of urea groups is 1.